The van der Waals surface area contributed by atoms with Crippen LogP contribution in [0.3, 0.4) is 0 Å². The SMILES string of the molecule is Cc1nc(-c2cccc(Br)c2)ccc1C(=O)NCc1ccc(C(C)O)cc1. The Bertz CT molecular complexity index is 953. The predicted molar refractivity (Wildman–Crippen MR) is 110 cm³/mol. The highest BCUT2D eigenvalue weighted by Crippen LogP contribution is 2.22. The number of aliphatic hydroxyl groups is 1. The van der Waals surface area contributed by atoms with Crippen LogP contribution in [0.25, 0.3) is 11.3 Å². The maximum absolute atomic E-state index is 12.5. The Labute approximate surface area is 167 Å². The first-order valence-electron chi connectivity index (χ1n) is 8.73. The van der Waals surface area contributed by atoms with Crippen LogP contribution in [-0.4, -0.2) is 16.0 Å². The zero-order chi connectivity index (χ0) is 19.4. The van der Waals surface area contributed by atoms with Crippen LogP contribution in [0.1, 0.15) is 40.2 Å². The molecule has 0 radical (unpaired) electrons. The van der Waals surface area contributed by atoms with E-state index in [1.807, 2.05) is 67.6 Å². The molecule has 0 bridgehead atoms. The minimum absolute atomic E-state index is 0.152. The summed E-state index contributed by atoms with van der Waals surface area (Å²) in [6.07, 6.45) is -0.494. The molecular weight excluding hydrogens is 404 g/mol. The van der Waals surface area contributed by atoms with Gasteiger partial charge in [-0.2, -0.15) is 0 Å². The van der Waals surface area contributed by atoms with Gasteiger partial charge in [0, 0.05) is 16.6 Å². The zero-order valence-corrected chi connectivity index (χ0v) is 16.8. The van der Waals surface area contributed by atoms with Crippen LogP contribution in [0.2, 0.25) is 0 Å². The lowest BCUT2D eigenvalue weighted by Gasteiger charge is -2.10. The molecule has 27 heavy (non-hydrogen) atoms. The van der Waals surface area contributed by atoms with E-state index in [-0.39, 0.29) is 5.91 Å². The molecule has 1 amide bonds. The lowest BCUT2D eigenvalue weighted by atomic mass is 10.1. The van der Waals surface area contributed by atoms with Crippen LogP contribution in [0.5, 0.6) is 0 Å². The number of amides is 1. The lowest BCUT2D eigenvalue weighted by Crippen LogP contribution is -2.24. The average Bonchev–Trinajstić information content (AvgIpc) is 2.66. The third-order valence-corrected chi connectivity index (χ3v) is 4.86. The summed E-state index contributed by atoms with van der Waals surface area (Å²) in [4.78, 5) is 17.1. The number of carbonyl (C=O) groups is 1. The molecule has 2 aromatic carbocycles. The van der Waals surface area contributed by atoms with Crippen LogP contribution in [0.4, 0.5) is 0 Å². The van der Waals surface area contributed by atoms with E-state index in [0.29, 0.717) is 17.8 Å². The molecule has 3 aromatic rings. The quantitative estimate of drug-likeness (QED) is 0.617. The van der Waals surface area contributed by atoms with Crippen molar-refractivity contribution in [3.63, 3.8) is 0 Å². The molecule has 3 rings (SSSR count). The van der Waals surface area contributed by atoms with Gasteiger partial charge in [0.15, 0.2) is 0 Å². The summed E-state index contributed by atoms with van der Waals surface area (Å²) >= 11 is 3.46. The van der Waals surface area contributed by atoms with Gasteiger partial charge in [-0.1, -0.05) is 52.3 Å². The highest BCUT2D eigenvalue weighted by atomic mass is 79.9. The van der Waals surface area contributed by atoms with E-state index in [1.165, 1.54) is 0 Å². The number of carbonyl (C=O) groups excluding carboxylic acids is 1. The Morgan fingerprint density at radius 2 is 1.89 bits per heavy atom. The molecule has 0 aliphatic heterocycles. The minimum atomic E-state index is -0.494. The number of hydrogen-bond acceptors (Lipinski definition) is 3. The summed E-state index contributed by atoms with van der Waals surface area (Å²) in [5.41, 5.74) is 4.91. The summed E-state index contributed by atoms with van der Waals surface area (Å²) in [5.74, 6) is -0.152. The van der Waals surface area contributed by atoms with Crippen molar-refractivity contribution < 1.29 is 9.90 Å². The number of benzene rings is 2. The Balaban J connectivity index is 1.69. The summed E-state index contributed by atoms with van der Waals surface area (Å²) in [7, 11) is 0. The van der Waals surface area contributed by atoms with Crippen molar-refractivity contribution in [3.05, 3.63) is 87.5 Å². The smallest absolute Gasteiger partial charge is 0.253 e. The number of nitrogens with one attached hydrogen (secondary N) is 1. The predicted octanol–water partition coefficient (Wildman–Crippen LogP) is 4.80. The minimum Gasteiger partial charge on any atom is -0.389 e. The van der Waals surface area contributed by atoms with Crippen LogP contribution in [0.15, 0.2) is 65.1 Å². The lowest BCUT2D eigenvalue weighted by molar-refractivity contribution is 0.0950. The molecule has 1 atom stereocenters. The molecule has 1 heterocycles. The molecule has 138 valence electrons. The van der Waals surface area contributed by atoms with Crippen molar-refractivity contribution in [1.82, 2.24) is 10.3 Å². The molecule has 0 saturated heterocycles. The number of nitrogens with zero attached hydrogens (tertiary/aromatic N) is 1. The number of halogens is 1. The van der Waals surface area contributed by atoms with E-state index in [2.05, 4.69) is 26.2 Å². The Morgan fingerprint density at radius 1 is 1.15 bits per heavy atom. The van der Waals surface area contributed by atoms with E-state index in [0.717, 1.165) is 26.9 Å². The second-order valence-corrected chi connectivity index (χ2v) is 7.36. The highest BCUT2D eigenvalue weighted by molar-refractivity contribution is 9.10. The van der Waals surface area contributed by atoms with Crippen LogP contribution < -0.4 is 5.32 Å². The van der Waals surface area contributed by atoms with Gasteiger partial charge in [-0.25, -0.2) is 0 Å². The first kappa shape index (κ1) is 19.3. The number of aliphatic hydroxyl groups excluding tert-OH is 1. The maximum atomic E-state index is 12.5. The van der Waals surface area contributed by atoms with Crippen molar-refractivity contribution >= 4 is 21.8 Å². The first-order valence-corrected chi connectivity index (χ1v) is 9.52. The summed E-state index contributed by atoms with van der Waals surface area (Å²) < 4.78 is 0.989. The standard InChI is InChI=1S/C22H21BrN2O2/c1-14-20(10-11-21(25-14)18-4-3-5-19(23)12-18)22(27)24-13-16-6-8-17(9-7-16)15(2)26/h3-12,15,26H,13H2,1-2H3,(H,24,27). The largest absolute Gasteiger partial charge is 0.389 e. The average molecular weight is 425 g/mol. The second-order valence-electron chi connectivity index (χ2n) is 6.44. The third-order valence-electron chi connectivity index (χ3n) is 4.37. The van der Waals surface area contributed by atoms with Gasteiger partial charge in [0.1, 0.15) is 0 Å². The van der Waals surface area contributed by atoms with Crippen molar-refractivity contribution in [2.45, 2.75) is 26.5 Å². The molecule has 0 fully saturated rings. The molecule has 0 aliphatic rings. The molecule has 4 nitrogen and oxygen atoms in total. The van der Waals surface area contributed by atoms with E-state index in [1.54, 1.807) is 6.92 Å². The first-order chi connectivity index (χ1) is 12.9. The van der Waals surface area contributed by atoms with Crippen molar-refractivity contribution in [3.8, 4) is 11.3 Å². The van der Waals surface area contributed by atoms with E-state index in [4.69, 9.17) is 0 Å². The Kier molecular flexibility index (Phi) is 6.04. The number of rotatable bonds is 5. The molecule has 1 unspecified atom stereocenters. The molecular formula is C22H21BrN2O2. The third kappa shape index (κ3) is 4.81. The number of aryl methyl sites for hydroxylation is 1. The molecule has 0 spiro atoms. The normalized spacial score (nSPS) is 11.9. The monoisotopic (exact) mass is 424 g/mol. The fourth-order valence-electron chi connectivity index (χ4n) is 2.80. The molecule has 0 aliphatic carbocycles. The van der Waals surface area contributed by atoms with Gasteiger partial charge >= 0.3 is 0 Å². The summed E-state index contributed by atoms with van der Waals surface area (Å²) in [6.45, 7) is 3.99. The van der Waals surface area contributed by atoms with Crippen molar-refractivity contribution in [2.24, 2.45) is 0 Å². The van der Waals surface area contributed by atoms with E-state index >= 15 is 0 Å². The topological polar surface area (TPSA) is 62.2 Å². The Hall–Kier alpha value is -2.50. The van der Waals surface area contributed by atoms with Crippen LogP contribution in [0, 0.1) is 6.92 Å². The number of aromatic nitrogens is 1. The van der Waals surface area contributed by atoms with Gasteiger partial charge in [0.05, 0.1) is 23.1 Å². The van der Waals surface area contributed by atoms with Gasteiger partial charge in [-0.15, -0.1) is 0 Å². The Morgan fingerprint density at radius 3 is 2.52 bits per heavy atom. The van der Waals surface area contributed by atoms with Crippen molar-refractivity contribution in [2.75, 3.05) is 0 Å². The van der Waals surface area contributed by atoms with E-state index < -0.39 is 6.10 Å². The van der Waals surface area contributed by atoms with Crippen molar-refractivity contribution in [1.29, 1.82) is 0 Å². The van der Waals surface area contributed by atoms with Gasteiger partial charge in [-0.05, 0) is 49.2 Å². The van der Waals surface area contributed by atoms with Gasteiger partial charge in [0.25, 0.3) is 5.91 Å². The fourth-order valence-corrected chi connectivity index (χ4v) is 3.20. The maximum Gasteiger partial charge on any atom is 0.253 e. The zero-order valence-electron chi connectivity index (χ0n) is 15.2. The number of hydrogen-bond donors (Lipinski definition) is 2. The second kappa shape index (κ2) is 8.46. The van der Waals surface area contributed by atoms with Gasteiger partial charge < -0.3 is 10.4 Å². The fraction of sp³-hybridized carbons (Fsp3) is 0.182. The van der Waals surface area contributed by atoms with E-state index in [9.17, 15) is 9.90 Å². The van der Waals surface area contributed by atoms with Gasteiger partial charge in [-0.3, -0.25) is 9.78 Å². The summed E-state index contributed by atoms with van der Waals surface area (Å²) in [5, 5.41) is 12.5. The number of pyridine rings is 1. The molecule has 2 N–H and O–H groups in total. The van der Waals surface area contributed by atoms with Crippen LogP contribution >= 0.6 is 15.9 Å². The molecule has 5 heteroatoms. The molecule has 1 aromatic heterocycles. The molecule has 0 saturated carbocycles. The van der Waals surface area contributed by atoms with Gasteiger partial charge in [0.2, 0.25) is 0 Å². The van der Waals surface area contributed by atoms with Crippen LogP contribution in [-0.2, 0) is 6.54 Å². The summed E-state index contributed by atoms with van der Waals surface area (Å²) in [6, 6.07) is 19.1. The highest BCUT2D eigenvalue weighted by Gasteiger charge is 2.11.